The van der Waals surface area contributed by atoms with Gasteiger partial charge >= 0.3 is 5.97 Å². The number of carbonyl (C=O) groups is 1. The molecule has 1 unspecified atom stereocenters. The van der Waals surface area contributed by atoms with Crippen LogP contribution in [0.2, 0.25) is 10.0 Å². The topological polar surface area (TPSA) is 83.0 Å². The van der Waals surface area contributed by atoms with Crippen LogP contribution in [0.25, 0.3) is 6.08 Å². The van der Waals surface area contributed by atoms with Gasteiger partial charge in [-0.2, -0.15) is 0 Å². The summed E-state index contributed by atoms with van der Waals surface area (Å²) < 4.78 is 18.6. The van der Waals surface area contributed by atoms with Crippen molar-refractivity contribution in [2.45, 2.75) is 19.6 Å². The van der Waals surface area contributed by atoms with Crippen LogP contribution in [-0.2, 0) is 16.1 Å². The van der Waals surface area contributed by atoms with Crippen molar-refractivity contribution in [3.05, 3.63) is 119 Å². The SMILES string of the molecule is COC(=O)C1=C(C)N=c2s/c(=C/c3ccc(COc4cccc(Cl)c4Cl)o3)c(=O)n2C1c1ccccc1. The van der Waals surface area contributed by atoms with Gasteiger partial charge in [0, 0.05) is 6.08 Å². The molecule has 7 nitrogen and oxygen atoms in total. The first-order chi connectivity index (χ1) is 17.9. The van der Waals surface area contributed by atoms with Gasteiger partial charge in [-0.1, -0.05) is 70.9 Å². The number of furan rings is 1. The van der Waals surface area contributed by atoms with Crippen molar-refractivity contribution in [1.29, 1.82) is 0 Å². The Morgan fingerprint density at radius 2 is 1.92 bits per heavy atom. The third-order valence-electron chi connectivity index (χ3n) is 5.78. The van der Waals surface area contributed by atoms with E-state index in [2.05, 4.69) is 4.99 Å². The number of rotatable bonds is 6. The highest BCUT2D eigenvalue weighted by Crippen LogP contribution is 2.32. The van der Waals surface area contributed by atoms with Gasteiger partial charge in [0.25, 0.3) is 5.56 Å². The number of ether oxygens (including phenoxy) is 2. The molecule has 10 heteroatoms. The van der Waals surface area contributed by atoms with Crippen LogP contribution in [0, 0.1) is 0 Å². The zero-order chi connectivity index (χ0) is 26.1. The molecule has 4 aromatic rings. The van der Waals surface area contributed by atoms with E-state index in [0.29, 0.717) is 47.9 Å². The standard InChI is InChI=1S/C27H20Cl2N2O5S/c1-15-22(26(33)34-2)24(16-7-4-3-5-8-16)31-25(32)21(37-27(31)30-15)13-17-11-12-18(36-17)14-35-20-10-6-9-19(28)23(20)29/h3-13,24H,14H2,1-2H3/b21-13+. The van der Waals surface area contributed by atoms with Gasteiger partial charge in [-0.15, -0.1) is 0 Å². The Kier molecular flexibility index (Phi) is 7.06. The molecule has 0 saturated heterocycles. The molecule has 0 fully saturated rings. The minimum absolute atomic E-state index is 0.130. The summed E-state index contributed by atoms with van der Waals surface area (Å²) in [6, 6.07) is 17.3. The Balaban J connectivity index is 1.50. The van der Waals surface area contributed by atoms with Crippen molar-refractivity contribution in [2.75, 3.05) is 7.11 Å². The van der Waals surface area contributed by atoms with E-state index in [4.69, 9.17) is 37.1 Å². The van der Waals surface area contributed by atoms with Crippen LogP contribution < -0.4 is 19.6 Å². The molecule has 0 N–H and O–H groups in total. The molecule has 2 aromatic heterocycles. The maximum atomic E-state index is 13.6. The monoisotopic (exact) mass is 554 g/mol. The second kappa shape index (κ2) is 10.4. The number of fused-ring (bicyclic) bond motifs is 1. The molecular formula is C27H20Cl2N2O5S. The van der Waals surface area contributed by atoms with Gasteiger partial charge in [-0.3, -0.25) is 9.36 Å². The Bertz CT molecular complexity index is 1700. The van der Waals surface area contributed by atoms with E-state index in [1.165, 1.54) is 23.0 Å². The number of allylic oxidation sites excluding steroid dienone is 1. The van der Waals surface area contributed by atoms with Gasteiger partial charge in [0.15, 0.2) is 4.80 Å². The number of esters is 1. The molecule has 3 heterocycles. The molecule has 0 radical (unpaired) electrons. The highest BCUT2D eigenvalue weighted by molar-refractivity contribution is 7.07. The van der Waals surface area contributed by atoms with Crippen LogP contribution in [0.5, 0.6) is 5.75 Å². The molecule has 5 rings (SSSR count). The van der Waals surface area contributed by atoms with Crippen LogP contribution >= 0.6 is 34.5 Å². The summed E-state index contributed by atoms with van der Waals surface area (Å²) in [4.78, 5) is 31.3. The number of hydrogen-bond donors (Lipinski definition) is 0. The Morgan fingerprint density at radius 1 is 1.14 bits per heavy atom. The lowest BCUT2D eigenvalue weighted by atomic mass is 9.96. The summed E-state index contributed by atoms with van der Waals surface area (Å²) in [5, 5.41) is 0.723. The van der Waals surface area contributed by atoms with Gasteiger partial charge < -0.3 is 13.9 Å². The van der Waals surface area contributed by atoms with E-state index in [-0.39, 0.29) is 12.2 Å². The molecule has 0 amide bonds. The summed E-state index contributed by atoms with van der Waals surface area (Å²) in [6.07, 6.45) is 1.65. The van der Waals surface area contributed by atoms with E-state index in [9.17, 15) is 9.59 Å². The van der Waals surface area contributed by atoms with Crippen LogP contribution in [0.3, 0.4) is 0 Å². The highest BCUT2D eigenvalue weighted by Gasteiger charge is 2.32. The van der Waals surface area contributed by atoms with Crippen molar-refractivity contribution in [1.82, 2.24) is 4.57 Å². The molecule has 37 heavy (non-hydrogen) atoms. The number of aromatic nitrogens is 1. The van der Waals surface area contributed by atoms with Crippen LogP contribution in [0.15, 0.2) is 86.1 Å². The summed E-state index contributed by atoms with van der Waals surface area (Å²) in [7, 11) is 1.31. The summed E-state index contributed by atoms with van der Waals surface area (Å²) in [5.41, 5.74) is 1.32. The van der Waals surface area contributed by atoms with E-state index in [1.54, 1.807) is 43.3 Å². The molecular weight excluding hydrogens is 535 g/mol. The van der Waals surface area contributed by atoms with Crippen LogP contribution in [-0.4, -0.2) is 17.6 Å². The Hall–Kier alpha value is -3.59. The third-order valence-corrected chi connectivity index (χ3v) is 7.57. The summed E-state index contributed by atoms with van der Waals surface area (Å²) in [5.74, 6) is 0.931. The average molecular weight is 555 g/mol. The largest absolute Gasteiger partial charge is 0.484 e. The minimum atomic E-state index is -0.657. The first-order valence-electron chi connectivity index (χ1n) is 11.2. The van der Waals surface area contributed by atoms with Gasteiger partial charge in [0.1, 0.15) is 28.9 Å². The van der Waals surface area contributed by atoms with Gasteiger partial charge in [0.2, 0.25) is 0 Å². The number of nitrogens with zero attached hydrogens (tertiary/aromatic N) is 2. The van der Waals surface area contributed by atoms with E-state index in [1.807, 2.05) is 30.3 Å². The van der Waals surface area contributed by atoms with Crippen LogP contribution in [0.4, 0.5) is 0 Å². The number of hydrogen-bond acceptors (Lipinski definition) is 7. The fourth-order valence-corrected chi connectivity index (χ4v) is 5.44. The van der Waals surface area contributed by atoms with E-state index in [0.717, 1.165) is 5.56 Å². The van der Waals surface area contributed by atoms with Crippen LogP contribution in [0.1, 0.15) is 30.0 Å². The summed E-state index contributed by atoms with van der Waals surface area (Å²) >= 11 is 13.4. The van der Waals surface area contributed by atoms with E-state index < -0.39 is 12.0 Å². The van der Waals surface area contributed by atoms with Gasteiger partial charge in [0.05, 0.1) is 34.0 Å². The molecule has 188 valence electrons. The predicted molar refractivity (Wildman–Crippen MR) is 142 cm³/mol. The van der Waals surface area contributed by atoms with Crippen molar-refractivity contribution in [3.63, 3.8) is 0 Å². The number of methoxy groups -OCH3 is 1. The minimum Gasteiger partial charge on any atom is -0.484 e. The van der Waals surface area contributed by atoms with Crippen molar-refractivity contribution >= 4 is 46.6 Å². The smallest absolute Gasteiger partial charge is 0.338 e. The zero-order valence-electron chi connectivity index (χ0n) is 19.7. The fourth-order valence-electron chi connectivity index (χ4n) is 4.07. The molecule has 2 aromatic carbocycles. The van der Waals surface area contributed by atoms with Gasteiger partial charge in [-0.05, 0) is 36.8 Å². The normalized spacial score (nSPS) is 15.4. The van der Waals surface area contributed by atoms with E-state index >= 15 is 0 Å². The van der Waals surface area contributed by atoms with Crippen molar-refractivity contribution in [2.24, 2.45) is 4.99 Å². The maximum absolute atomic E-state index is 13.6. The zero-order valence-corrected chi connectivity index (χ0v) is 22.1. The molecule has 0 saturated carbocycles. The summed E-state index contributed by atoms with van der Waals surface area (Å²) in [6.45, 7) is 1.87. The number of benzene rings is 2. The fraction of sp³-hybridized carbons (Fsp3) is 0.148. The lowest BCUT2D eigenvalue weighted by Gasteiger charge is -2.24. The second-order valence-electron chi connectivity index (χ2n) is 8.13. The average Bonchev–Trinajstić information content (AvgIpc) is 3.48. The second-order valence-corrected chi connectivity index (χ2v) is 9.92. The molecule has 1 aliphatic rings. The lowest BCUT2D eigenvalue weighted by molar-refractivity contribution is -0.136. The highest BCUT2D eigenvalue weighted by atomic mass is 35.5. The van der Waals surface area contributed by atoms with Crippen molar-refractivity contribution < 1.29 is 18.7 Å². The molecule has 0 bridgehead atoms. The molecule has 0 aliphatic carbocycles. The quantitative estimate of drug-likeness (QED) is 0.317. The third kappa shape index (κ3) is 4.87. The Labute approximate surface area is 225 Å². The Morgan fingerprint density at radius 3 is 2.68 bits per heavy atom. The van der Waals surface area contributed by atoms with Gasteiger partial charge in [-0.25, -0.2) is 9.79 Å². The number of halogens is 2. The predicted octanol–water partition coefficient (Wildman–Crippen LogP) is 4.89. The number of thiazole rings is 1. The first-order valence-corrected chi connectivity index (χ1v) is 12.8. The van der Waals surface area contributed by atoms with Crippen molar-refractivity contribution in [3.8, 4) is 5.75 Å². The first kappa shape index (κ1) is 25.1. The molecule has 1 atom stereocenters. The molecule has 0 spiro atoms. The molecule has 1 aliphatic heterocycles. The maximum Gasteiger partial charge on any atom is 0.338 e. The lowest BCUT2D eigenvalue weighted by Crippen LogP contribution is -2.39. The number of carbonyl (C=O) groups excluding carboxylic acids is 1.